The first-order chi connectivity index (χ1) is 7.47. The molecule has 0 aliphatic rings. The molecule has 0 aromatic carbocycles. The van der Waals surface area contributed by atoms with Gasteiger partial charge < -0.3 is 16.4 Å². The molecule has 4 N–H and O–H groups in total. The van der Waals surface area contributed by atoms with Crippen LogP contribution in [-0.2, 0) is 14.4 Å². The molecule has 0 aliphatic heterocycles. The van der Waals surface area contributed by atoms with Crippen molar-refractivity contribution in [3.8, 4) is 0 Å². The lowest BCUT2D eigenvalue weighted by atomic mass is 10.5. The van der Waals surface area contributed by atoms with Gasteiger partial charge in [0, 0.05) is 0 Å². The predicted octanol–water partition coefficient (Wildman–Crippen LogP) is -0.794. The summed E-state index contributed by atoms with van der Waals surface area (Å²) in [4.78, 5) is 30.4. The quantitative estimate of drug-likeness (QED) is 0.422. The Morgan fingerprint density at radius 3 is 1.44 bits per heavy atom. The second kappa shape index (κ2) is 10.7. The van der Waals surface area contributed by atoms with E-state index in [2.05, 4.69) is 36.1 Å². The van der Waals surface area contributed by atoms with Gasteiger partial charge in [0.1, 0.15) is 0 Å². The molecule has 6 nitrogen and oxygen atoms in total. The van der Waals surface area contributed by atoms with Gasteiger partial charge in [-0.1, -0.05) is 19.7 Å². The Labute approximate surface area is 93.9 Å². The van der Waals surface area contributed by atoms with Crippen LogP contribution in [0.2, 0.25) is 0 Å². The lowest BCUT2D eigenvalue weighted by Crippen LogP contribution is -2.35. The summed E-state index contributed by atoms with van der Waals surface area (Å²) in [6.07, 6.45) is 3.31. The fourth-order valence-corrected chi connectivity index (χ4v) is 0.363. The van der Waals surface area contributed by atoms with E-state index in [1.807, 2.05) is 0 Å². The van der Waals surface area contributed by atoms with E-state index in [0.717, 1.165) is 18.2 Å². The number of carbonyl (C=O) groups is 3. The highest BCUT2D eigenvalue weighted by Crippen LogP contribution is 1.65. The molecule has 0 spiro atoms. The zero-order valence-corrected chi connectivity index (χ0v) is 8.86. The summed E-state index contributed by atoms with van der Waals surface area (Å²) in [5, 5.41) is 4.72. The van der Waals surface area contributed by atoms with Crippen LogP contribution in [0.25, 0.3) is 0 Å². The van der Waals surface area contributed by atoms with Crippen molar-refractivity contribution in [2.45, 2.75) is 0 Å². The topological polar surface area (TPSA) is 101 Å². The number of carbonyl (C=O) groups excluding carboxylic acids is 3. The second-order valence-corrected chi connectivity index (χ2v) is 2.27. The maximum Gasteiger partial charge on any atom is 0.244 e. The van der Waals surface area contributed by atoms with Crippen molar-refractivity contribution in [1.29, 1.82) is 0 Å². The number of rotatable bonds is 5. The van der Waals surface area contributed by atoms with E-state index in [1.54, 1.807) is 0 Å². The summed E-state index contributed by atoms with van der Waals surface area (Å²) >= 11 is 0. The van der Waals surface area contributed by atoms with E-state index in [1.165, 1.54) is 0 Å². The molecule has 0 aromatic rings. The number of amides is 3. The fourth-order valence-electron chi connectivity index (χ4n) is 0.363. The first kappa shape index (κ1) is 16.1. The van der Waals surface area contributed by atoms with Gasteiger partial charge in [-0.15, -0.1) is 0 Å². The van der Waals surface area contributed by atoms with E-state index in [4.69, 9.17) is 0 Å². The minimum atomic E-state index is -0.481. The maximum atomic E-state index is 10.5. The first-order valence-corrected chi connectivity index (χ1v) is 4.20. The largest absolute Gasteiger partial charge is 0.366 e. The summed E-state index contributed by atoms with van der Waals surface area (Å²) in [6, 6.07) is 0. The molecule has 6 heteroatoms. The van der Waals surface area contributed by atoms with Gasteiger partial charge >= 0.3 is 0 Å². The minimum absolute atomic E-state index is 0.0930. The lowest BCUT2D eigenvalue weighted by Gasteiger charge is -2.01. The summed E-state index contributed by atoms with van der Waals surface area (Å²) in [6.45, 7) is 9.65. The highest BCUT2D eigenvalue weighted by molar-refractivity contribution is 5.89. The number of hydrogen-bond donors (Lipinski definition) is 3. The zero-order chi connectivity index (χ0) is 13.0. The molecule has 0 bridgehead atoms. The van der Waals surface area contributed by atoms with Crippen LogP contribution in [0.4, 0.5) is 0 Å². The minimum Gasteiger partial charge on any atom is -0.366 e. The Kier molecular flexibility index (Phi) is 10.8. The molecule has 88 valence electrons. The Morgan fingerprint density at radius 1 is 0.938 bits per heavy atom. The van der Waals surface area contributed by atoms with E-state index in [9.17, 15) is 14.4 Å². The third-order valence-corrected chi connectivity index (χ3v) is 1.10. The van der Waals surface area contributed by atoms with E-state index in [0.29, 0.717) is 0 Å². The summed E-state index contributed by atoms with van der Waals surface area (Å²) in [5.74, 6) is -1.13. The molecular weight excluding hydrogens is 210 g/mol. The van der Waals surface area contributed by atoms with E-state index in [-0.39, 0.29) is 18.5 Å². The summed E-state index contributed by atoms with van der Waals surface area (Å²) in [7, 11) is 0. The lowest BCUT2D eigenvalue weighted by molar-refractivity contribution is -0.118. The molecule has 16 heavy (non-hydrogen) atoms. The van der Waals surface area contributed by atoms with Crippen molar-refractivity contribution >= 4 is 17.7 Å². The molecule has 0 fully saturated rings. The van der Waals surface area contributed by atoms with E-state index < -0.39 is 5.91 Å². The molecule has 0 atom stereocenters. The first-order valence-electron chi connectivity index (χ1n) is 4.20. The number of hydrogen-bond acceptors (Lipinski definition) is 3. The fraction of sp³-hybridized carbons (Fsp3) is 0.100. The van der Waals surface area contributed by atoms with Gasteiger partial charge in [-0.2, -0.15) is 0 Å². The van der Waals surface area contributed by atoms with Crippen LogP contribution in [0.5, 0.6) is 0 Å². The second-order valence-electron chi connectivity index (χ2n) is 2.27. The average molecular weight is 225 g/mol. The van der Waals surface area contributed by atoms with Gasteiger partial charge in [0.2, 0.25) is 17.7 Å². The third-order valence-electron chi connectivity index (χ3n) is 1.10. The summed E-state index contributed by atoms with van der Waals surface area (Å²) in [5.41, 5.74) is 4.53. The van der Waals surface area contributed by atoms with Crippen LogP contribution in [0.15, 0.2) is 38.0 Å². The Morgan fingerprint density at radius 2 is 1.25 bits per heavy atom. The molecular formula is C10H15N3O3. The van der Waals surface area contributed by atoms with Crippen molar-refractivity contribution in [3.05, 3.63) is 38.0 Å². The number of nitrogens with two attached hydrogens (primary N) is 1. The third kappa shape index (κ3) is 14.2. The molecule has 0 unspecified atom stereocenters. The van der Waals surface area contributed by atoms with E-state index >= 15 is 0 Å². The molecule has 0 heterocycles. The van der Waals surface area contributed by atoms with Crippen LogP contribution in [0.1, 0.15) is 0 Å². The Balaban J connectivity index is 0. The normalized spacial score (nSPS) is 7.50. The van der Waals surface area contributed by atoms with Crippen LogP contribution in [-0.4, -0.2) is 24.4 Å². The SMILES string of the molecule is C=CC(=O)NCNC(=O)C=C.C=CC(N)=O. The van der Waals surface area contributed by atoms with Gasteiger partial charge in [0.15, 0.2) is 0 Å². The van der Waals surface area contributed by atoms with Crippen molar-refractivity contribution in [1.82, 2.24) is 10.6 Å². The van der Waals surface area contributed by atoms with Crippen LogP contribution in [0.3, 0.4) is 0 Å². The van der Waals surface area contributed by atoms with Crippen LogP contribution in [0, 0.1) is 0 Å². The van der Waals surface area contributed by atoms with Gasteiger partial charge in [-0.05, 0) is 18.2 Å². The monoisotopic (exact) mass is 225 g/mol. The highest BCUT2D eigenvalue weighted by atomic mass is 16.2. The molecule has 0 saturated carbocycles. The standard InChI is InChI=1S/C7H10N2O2.C3H5NO/c1-3-6(10)8-5-9-7(11)4-2;1-2-3(4)5/h3-4H,1-2,5H2,(H,8,10)(H,9,11);2H,1H2,(H2,4,5). The molecule has 0 aromatic heterocycles. The van der Waals surface area contributed by atoms with Gasteiger partial charge in [0.25, 0.3) is 0 Å². The molecule has 3 amide bonds. The average Bonchev–Trinajstić information content (AvgIpc) is 2.29. The Hall–Kier alpha value is -2.37. The number of nitrogens with one attached hydrogen (secondary N) is 2. The molecule has 0 aliphatic carbocycles. The highest BCUT2D eigenvalue weighted by Gasteiger charge is 1.93. The maximum absolute atomic E-state index is 10.5. The van der Waals surface area contributed by atoms with Crippen molar-refractivity contribution in [3.63, 3.8) is 0 Å². The van der Waals surface area contributed by atoms with Crippen molar-refractivity contribution < 1.29 is 14.4 Å². The smallest absolute Gasteiger partial charge is 0.244 e. The molecule has 0 rings (SSSR count). The summed E-state index contributed by atoms with van der Waals surface area (Å²) < 4.78 is 0. The molecule has 0 radical (unpaired) electrons. The van der Waals surface area contributed by atoms with Gasteiger partial charge in [0.05, 0.1) is 6.67 Å². The van der Waals surface area contributed by atoms with Gasteiger partial charge in [-0.25, -0.2) is 0 Å². The Bertz CT molecular complexity index is 278. The van der Waals surface area contributed by atoms with Crippen molar-refractivity contribution in [2.24, 2.45) is 5.73 Å². The zero-order valence-electron chi connectivity index (χ0n) is 8.86. The van der Waals surface area contributed by atoms with Gasteiger partial charge in [-0.3, -0.25) is 14.4 Å². The van der Waals surface area contributed by atoms with Crippen molar-refractivity contribution in [2.75, 3.05) is 6.67 Å². The predicted molar refractivity (Wildman–Crippen MR) is 60.9 cm³/mol. The molecule has 0 saturated heterocycles. The van der Waals surface area contributed by atoms with Crippen LogP contribution < -0.4 is 16.4 Å². The number of primary amides is 1. The van der Waals surface area contributed by atoms with Crippen LogP contribution >= 0.6 is 0 Å².